The van der Waals surface area contributed by atoms with Gasteiger partial charge in [0.05, 0.1) is 11.6 Å². The average Bonchev–Trinajstić information content (AvgIpc) is 3.25. The van der Waals surface area contributed by atoms with Crippen LogP contribution in [0.4, 0.5) is 10.1 Å². The lowest BCUT2D eigenvalue weighted by molar-refractivity contribution is -0.146. The number of hydrogen-bond donors (Lipinski definition) is 1. The summed E-state index contributed by atoms with van der Waals surface area (Å²) in [5, 5.41) is 0.763. The van der Waals surface area contributed by atoms with Gasteiger partial charge in [0.25, 0.3) is 5.91 Å². The maximum absolute atomic E-state index is 13.3. The molecule has 0 aliphatic heterocycles. The van der Waals surface area contributed by atoms with Gasteiger partial charge in [0.1, 0.15) is 10.3 Å². The van der Waals surface area contributed by atoms with E-state index in [1.807, 2.05) is 13.8 Å². The number of carbonyl (C=O) groups excluding carboxylic acids is 3. The number of hydroxylamine groups is 1. The summed E-state index contributed by atoms with van der Waals surface area (Å²) in [6.07, 6.45) is 1.55. The molecule has 1 saturated carbocycles. The van der Waals surface area contributed by atoms with Gasteiger partial charge in [0, 0.05) is 11.1 Å². The lowest BCUT2D eigenvalue weighted by atomic mass is 10.1. The molecule has 6 nitrogen and oxygen atoms in total. The molecule has 2 N–H and O–H groups in total. The Kier molecular flexibility index (Phi) is 6.38. The molecule has 1 fully saturated rings. The molecule has 0 aromatic heterocycles. The molecule has 0 saturated heterocycles. The van der Waals surface area contributed by atoms with Crippen molar-refractivity contribution in [2.75, 3.05) is 5.06 Å². The standard InChI is InChI=1S/C22H19Cl2FN2O4/c1-22(2)16(11-17(23)24)18(22)21(30)31-27(15-5-3-4-13(10-15)19(26)28)20(29)12-6-8-14(25)9-7-12/h3-11,16,18H,1-2H3,(H2,26,28). The van der Waals surface area contributed by atoms with Gasteiger partial charge in [0.15, 0.2) is 0 Å². The molecular weight excluding hydrogens is 446 g/mol. The Morgan fingerprint density at radius 3 is 2.32 bits per heavy atom. The highest BCUT2D eigenvalue weighted by molar-refractivity contribution is 6.55. The SMILES string of the molecule is CC1(C)C(C=C(Cl)Cl)C1C(=O)ON(C(=O)c1ccc(F)cc1)c1cccc(C(N)=O)c1. The average molecular weight is 465 g/mol. The van der Waals surface area contributed by atoms with Crippen molar-refractivity contribution in [3.63, 3.8) is 0 Å². The second kappa shape index (κ2) is 8.69. The van der Waals surface area contributed by atoms with Gasteiger partial charge in [-0.25, -0.2) is 9.18 Å². The number of hydrogen-bond acceptors (Lipinski definition) is 4. The fourth-order valence-electron chi connectivity index (χ4n) is 3.43. The van der Waals surface area contributed by atoms with Gasteiger partial charge < -0.3 is 10.6 Å². The maximum Gasteiger partial charge on any atom is 0.337 e. The summed E-state index contributed by atoms with van der Waals surface area (Å²) in [5.41, 5.74) is 5.15. The molecule has 2 aromatic carbocycles. The monoisotopic (exact) mass is 464 g/mol. The molecule has 162 valence electrons. The van der Waals surface area contributed by atoms with Gasteiger partial charge in [-0.2, -0.15) is 0 Å². The van der Waals surface area contributed by atoms with Crippen molar-refractivity contribution in [3.8, 4) is 0 Å². The first-order chi connectivity index (χ1) is 14.5. The minimum absolute atomic E-state index is 0.0294. The first-order valence-electron chi connectivity index (χ1n) is 9.27. The first kappa shape index (κ1) is 22.8. The minimum atomic E-state index is -0.726. The van der Waals surface area contributed by atoms with Crippen molar-refractivity contribution in [2.24, 2.45) is 23.0 Å². The zero-order valence-corrected chi connectivity index (χ0v) is 18.2. The molecule has 0 radical (unpaired) electrons. The minimum Gasteiger partial charge on any atom is -0.366 e. The van der Waals surface area contributed by atoms with E-state index in [9.17, 15) is 18.8 Å². The molecule has 0 heterocycles. The molecule has 1 aliphatic carbocycles. The van der Waals surface area contributed by atoms with E-state index >= 15 is 0 Å². The van der Waals surface area contributed by atoms with E-state index in [1.54, 1.807) is 6.08 Å². The van der Waals surface area contributed by atoms with Crippen LogP contribution in [0.15, 0.2) is 59.1 Å². The summed E-state index contributed by atoms with van der Waals surface area (Å²) in [6, 6.07) is 10.5. The number of rotatable bonds is 5. The van der Waals surface area contributed by atoms with Crippen molar-refractivity contribution in [1.82, 2.24) is 0 Å². The van der Waals surface area contributed by atoms with Crippen molar-refractivity contribution in [2.45, 2.75) is 13.8 Å². The van der Waals surface area contributed by atoms with Crippen molar-refractivity contribution in [1.29, 1.82) is 0 Å². The van der Waals surface area contributed by atoms with Crippen molar-refractivity contribution < 1.29 is 23.6 Å². The molecule has 0 spiro atoms. The topological polar surface area (TPSA) is 89.7 Å². The number of nitrogens with zero attached hydrogens (tertiary/aromatic N) is 1. The van der Waals surface area contributed by atoms with E-state index in [0.29, 0.717) is 0 Å². The van der Waals surface area contributed by atoms with E-state index in [4.69, 9.17) is 33.8 Å². The lowest BCUT2D eigenvalue weighted by Crippen LogP contribution is -2.35. The molecule has 1 aliphatic rings. The van der Waals surface area contributed by atoms with Crippen LogP contribution in [0.25, 0.3) is 0 Å². The molecule has 2 atom stereocenters. The van der Waals surface area contributed by atoms with Gasteiger partial charge in [-0.05, 0) is 59.9 Å². The van der Waals surface area contributed by atoms with Crippen LogP contribution in [0, 0.1) is 23.1 Å². The summed E-state index contributed by atoms with van der Waals surface area (Å²) in [7, 11) is 0. The Morgan fingerprint density at radius 2 is 1.74 bits per heavy atom. The predicted molar refractivity (Wildman–Crippen MR) is 115 cm³/mol. The van der Waals surface area contributed by atoms with Crippen LogP contribution >= 0.6 is 23.2 Å². The number of amides is 2. The molecule has 2 unspecified atom stereocenters. The zero-order valence-electron chi connectivity index (χ0n) is 16.6. The third kappa shape index (κ3) is 4.89. The van der Waals surface area contributed by atoms with Crippen LogP contribution in [-0.4, -0.2) is 17.8 Å². The van der Waals surface area contributed by atoms with Crippen LogP contribution in [0.5, 0.6) is 0 Å². The van der Waals surface area contributed by atoms with Gasteiger partial charge in [-0.3, -0.25) is 9.59 Å². The largest absolute Gasteiger partial charge is 0.366 e. The second-order valence-corrected chi connectivity index (χ2v) is 8.72. The van der Waals surface area contributed by atoms with Crippen LogP contribution in [0.3, 0.4) is 0 Å². The number of anilines is 1. The van der Waals surface area contributed by atoms with Crippen molar-refractivity contribution in [3.05, 3.63) is 76.0 Å². The van der Waals surface area contributed by atoms with E-state index in [-0.39, 0.29) is 27.2 Å². The maximum atomic E-state index is 13.3. The number of benzene rings is 2. The second-order valence-electron chi connectivity index (χ2n) is 7.71. The van der Waals surface area contributed by atoms with Crippen LogP contribution in [0.2, 0.25) is 0 Å². The van der Waals surface area contributed by atoms with Crippen molar-refractivity contribution >= 4 is 46.7 Å². The van der Waals surface area contributed by atoms with Gasteiger partial charge >= 0.3 is 5.97 Å². The lowest BCUT2D eigenvalue weighted by Gasteiger charge is -2.22. The summed E-state index contributed by atoms with van der Waals surface area (Å²) in [4.78, 5) is 43.0. The van der Waals surface area contributed by atoms with E-state index in [1.165, 1.54) is 36.4 Å². The summed E-state index contributed by atoms with van der Waals surface area (Å²) < 4.78 is 13.3. The fraction of sp³-hybridized carbons (Fsp3) is 0.227. The Labute approximate surface area is 188 Å². The molecule has 9 heteroatoms. The number of primary amides is 1. The Balaban J connectivity index is 1.95. The highest BCUT2D eigenvalue weighted by atomic mass is 35.5. The van der Waals surface area contributed by atoms with E-state index < -0.39 is 34.9 Å². The third-order valence-electron chi connectivity index (χ3n) is 5.29. The summed E-state index contributed by atoms with van der Waals surface area (Å²) in [5.74, 6) is -3.51. The van der Waals surface area contributed by atoms with E-state index in [2.05, 4.69) is 0 Å². The Morgan fingerprint density at radius 1 is 1.10 bits per heavy atom. The Hall–Kier alpha value is -2.90. The highest BCUT2D eigenvalue weighted by Crippen LogP contribution is 2.60. The summed E-state index contributed by atoms with van der Waals surface area (Å²) >= 11 is 11.5. The smallest absolute Gasteiger partial charge is 0.337 e. The normalized spacial score (nSPS) is 18.6. The van der Waals surface area contributed by atoms with Gasteiger partial charge in [-0.15, -0.1) is 5.06 Å². The molecule has 31 heavy (non-hydrogen) atoms. The third-order valence-corrected chi connectivity index (χ3v) is 5.54. The van der Waals surface area contributed by atoms with E-state index in [0.717, 1.165) is 17.2 Å². The highest BCUT2D eigenvalue weighted by Gasteiger charge is 2.62. The molecule has 2 amide bonds. The zero-order chi connectivity index (χ0) is 22.9. The summed E-state index contributed by atoms with van der Waals surface area (Å²) in [6.45, 7) is 3.69. The number of halogens is 3. The first-order valence-corrected chi connectivity index (χ1v) is 10.0. The number of carbonyl (C=O) groups is 3. The Bertz CT molecular complexity index is 1070. The quantitative estimate of drug-likeness (QED) is 0.653. The van der Waals surface area contributed by atoms with Crippen LogP contribution in [0.1, 0.15) is 34.6 Å². The molecule has 2 aromatic rings. The van der Waals surface area contributed by atoms with Gasteiger partial charge in [-0.1, -0.05) is 43.1 Å². The van der Waals surface area contributed by atoms with Crippen LogP contribution < -0.4 is 10.8 Å². The number of nitrogens with two attached hydrogens (primary N) is 1. The molecular formula is C22H19Cl2FN2O4. The van der Waals surface area contributed by atoms with Gasteiger partial charge in [0.2, 0.25) is 5.91 Å². The fourth-order valence-corrected chi connectivity index (χ4v) is 3.70. The number of allylic oxidation sites excluding steroid dienone is 1. The molecule has 3 rings (SSSR count). The predicted octanol–water partition coefficient (Wildman–Crippen LogP) is 4.62. The molecule has 0 bridgehead atoms. The van der Waals surface area contributed by atoms with Crippen LogP contribution in [-0.2, 0) is 9.63 Å².